The van der Waals surface area contributed by atoms with E-state index in [2.05, 4.69) is 0 Å². The molecule has 9 heteroatoms. The van der Waals surface area contributed by atoms with Crippen LogP contribution in [0.15, 0.2) is 41.3 Å². The number of fused-ring (bicyclic) bond motifs is 2. The van der Waals surface area contributed by atoms with Crippen molar-refractivity contribution < 1.29 is 22.9 Å². The summed E-state index contributed by atoms with van der Waals surface area (Å²) >= 11 is 0. The van der Waals surface area contributed by atoms with Gasteiger partial charge >= 0.3 is 7.12 Å². The van der Waals surface area contributed by atoms with Crippen LogP contribution in [0.3, 0.4) is 0 Å². The van der Waals surface area contributed by atoms with Crippen LogP contribution in [-0.4, -0.2) is 37.9 Å². The Kier molecular flexibility index (Phi) is 4.11. The molecular weight excluding hydrogens is 355 g/mol. The summed E-state index contributed by atoms with van der Waals surface area (Å²) in [7, 11) is -4.70. The molecule has 2 heterocycles. The minimum atomic E-state index is -3.79. The largest absolute Gasteiger partial charge is 0.491 e. The van der Waals surface area contributed by atoms with Gasteiger partial charge in [0, 0.05) is 18.7 Å². The van der Waals surface area contributed by atoms with E-state index in [9.17, 15) is 18.2 Å². The minimum Gasteiger partial charge on any atom is -0.423 e. The molecule has 2 aliphatic rings. The molecular formula is C17H17BN2O5S. The van der Waals surface area contributed by atoms with Crippen LogP contribution in [0.25, 0.3) is 0 Å². The number of carbonyl (C=O) groups is 1. The molecule has 0 saturated carbocycles. The second-order valence-electron chi connectivity index (χ2n) is 6.54. The fourth-order valence-electron chi connectivity index (χ4n) is 3.42. The van der Waals surface area contributed by atoms with Crippen molar-refractivity contribution in [1.29, 1.82) is 0 Å². The molecule has 0 aromatic heterocycles. The molecule has 4 rings (SSSR count). The molecule has 3 N–H and O–H groups in total. The number of amides is 1. The van der Waals surface area contributed by atoms with Gasteiger partial charge in [0.2, 0.25) is 10.0 Å². The molecule has 2 aromatic rings. The molecule has 26 heavy (non-hydrogen) atoms. The van der Waals surface area contributed by atoms with Crippen molar-refractivity contribution in [3.63, 3.8) is 0 Å². The Morgan fingerprint density at radius 2 is 2.00 bits per heavy atom. The van der Waals surface area contributed by atoms with Gasteiger partial charge in [-0.05, 0) is 46.8 Å². The van der Waals surface area contributed by atoms with Crippen LogP contribution in [0.5, 0.6) is 0 Å². The molecule has 0 unspecified atom stereocenters. The highest BCUT2D eigenvalue weighted by Gasteiger charge is 2.29. The highest BCUT2D eigenvalue weighted by Crippen LogP contribution is 2.23. The lowest BCUT2D eigenvalue weighted by Gasteiger charge is -2.29. The summed E-state index contributed by atoms with van der Waals surface area (Å²) in [6.07, 6.45) is 0.557. The predicted octanol–water partition coefficient (Wildman–Crippen LogP) is -0.250. The highest BCUT2D eigenvalue weighted by molar-refractivity contribution is 7.89. The van der Waals surface area contributed by atoms with Crippen molar-refractivity contribution in [2.24, 2.45) is 5.14 Å². The molecule has 0 spiro atoms. The molecule has 0 saturated heterocycles. The quantitative estimate of drug-likeness (QED) is 0.722. The first kappa shape index (κ1) is 17.2. The van der Waals surface area contributed by atoms with Crippen LogP contribution in [0, 0.1) is 0 Å². The summed E-state index contributed by atoms with van der Waals surface area (Å²) in [4.78, 5) is 14.5. The van der Waals surface area contributed by atoms with Crippen molar-refractivity contribution in [2.45, 2.75) is 24.5 Å². The maximum atomic E-state index is 12.8. The fraction of sp³-hybridized carbons (Fsp3) is 0.235. The van der Waals surface area contributed by atoms with E-state index in [4.69, 9.17) is 9.79 Å². The zero-order valence-electron chi connectivity index (χ0n) is 13.9. The van der Waals surface area contributed by atoms with Gasteiger partial charge in [-0.3, -0.25) is 4.79 Å². The summed E-state index contributed by atoms with van der Waals surface area (Å²) < 4.78 is 28.1. The van der Waals surface area contributed by atoms with Gasteiger partial charge in [0.05, 0.1) is 11.5 Å². The zero-order valence-corrected chi connectivity index (χ0v) is 14.7. The van der Waals surface area contributed by atoms with Crippen LogP contribution < -0.4 is 10.6 Å². The van der Waals surface area contributed by atoms with Gasteiger partial charge < -0.3 is 14.6 Å². The standard InChI is InChI=1S/C17H17BN2O5S/c19-26(23,24)14-3-4-15-12(8-14)5-6-20(17(15)21)9-11-1-2-13-10-25-18(22)16(13)7-11/h1-4,7-8,22H,5-6,9-10H2,(H2,19,23,24). The first-order valence-corrected chi connectivity index (χ1v) is 9.74. The average Bonchev–Trinajstić information content (AvgIpc) is 2.97. The third kappa shape index (κ3) is 3.03. The monoisotopic (exact) mass is 372 g/mol. The van der Waals surface area contributed by atoms with Gasteiger partial charge in [0.15, 0.2) is 0 Å². The van der Waals surface area contributed by atoms with Crippen molar-refractivity contribution in [2.75, 3.05) is 6.54 Å². The number of nitrogens with zero attached hydrogens (tertiary/aromatic N) is 1. The highest BCUT2D eigenvalue weighted by atomic mass is 32.2. The molecule has 134 valence electrons. The summed E-state index contributed by atoms with van der Waals surface area (Å²) in [5.74, 6) is -0.149. The van der Waals surface area contributed by atoms with Gasteiger partial charge in [0.25, 0.3) is 5.91 Å². The number of rotatable bonds is 3. The zero-order chi connectivity index (χ0) is 18.5. The van der Waals surface area contributed by atoms with Crippen molar-refractivity contribution in [3.05, 3.63) is 58.7 Å². The van der Waals surface area contributed by atoms with E-state index < -0.39 is 17.1 Å². The number of primary sulfonamides is 1. The molecule has 2 aliphatic heterocycles. The first-order chi connectivity index (χ1) is 12.3. The van der Waals surface area contributed by atoms with Gasteiger partial charge in [-0.2, -0.15) is 0 Å². The van der Waals surface area contributed by atoms with Gasteiger partial charge in [-0.15, -0.1) is 0 Å². The Bertz CT molecular complexity index is 1010. The van der Waals surface area contributed by atoms with E-state index in [0.717, 1.165) is 16.6 Å². The Morgan fingerprint density at radius 1 is 1.19 bits per heavy atom. The van der Waals surface area contributed by atoms with Crippen molar-refractivity contribution in [3.8, 4) is 0 Å². The number of nitrogens with two attached hydrogens (primary N) is 1. The average molecular weight is 372 g/mol. The SMILES string of the molecule is NS(=O)(=O)c1ccc2c(c1)CCN(Cc1ccc3c(c1)B(O)OC3)C2=O. The molecule has 1 amide bonds. The third-order valence-corrected chi connectivity index (χ3v) is 5.73. The molecule has 0 aliphatic carbocycles. The van der Waals surface area contributed by atoms with Gasteiger partial charge in [-0.1, -0.05) is 18.2 Å². The van der Waals surface area contributed by atoms with Crippen LogP contribution >= 0.6 is 0 Å². The van der Waals surface area contributed by atoms with E-state index >= 15 is 0 Å². The number of hydrogen-bond acceptors (Lipinski definition) is 5. The molecule has 0 bridgehead atoms. The normalized spacial score (nSPS) is 16.6. The van der Waals surface area contributed by atoms with Crippen LogP contribution in [0.2, 0.25) is 0 Å². The minimum absolute atomic E-state index is 0.0186. The summed E-state index contributed by atoms with van der Waals surface area (Å²) in [6, 6.07) is 10.0. The second kappa shape index (κ2) is 6.20. The van der Waals surface area contributed by atoms with E-state index in [0.29, 0.717) is 37.2 Å². The smallest absolute Gasteiger partial charge is 0.423 e. The lowest BCUT2D eigenvalue weighted by molar-refractivity contribution is 0.0727. The van der Waals surface area contributed by atoms with Gasteiger partial charge in [-0.25, -0.2) is 13.6 Å². The Hall–Kier alpha value is -2.20. The maximum Gasteiger partial charge on any atom is 0.491 e. The van der Waals surface area contributed by atoms with Crippen molar-refractivity contribution >= 4 is 28.5 Å². The molecule has 7 nitrogen and oxygen atoms in total. The van der Waals surface area contributed by atoms with Crippen molar-refractivity contribution in [1.82, 2.24) is 4.90 Å². The molecule has 0 atom stereocenters. The number of benzene rings is 2. The van der Waals surface area contributed by atoms with Crippen LogP contribution in [-0.2, 0) is 34.3 Å². The van der Waals surface area contributed by atoms with E-state index in [1.165, 1.54) is 18.2 Å². The molecule has 0 fully saturated rings. The first-order valence-electron chi connectivity index (χ1n) is 8.19. The van der Waals surface area contributed by atoms with E-state index in [1.54, 1.807) is 4.90 Å². The van der Waals surface area contributed by atoms with Crippen LogP contribution in [0.1, 0.15) is 27.0 Å². The lowest BCUT2D eigenvalue weighted by Crippen LogP contribution is -2.37. The van der Waals surface area contributed by atoms with E-state index in [1.807, 2.05) is 18.2 Å². The maximum absolute atomic E-state index is 12.8. The Morgan fingerprint density at radius 3 is 2.77 bits per heavy atom. The molecule has 0 radical (unpaired) electrons. The third-order valence-electron chi connectivity index (χ3n) is 4.82. The number of hydrogen-bond donors (Lipinski definition) is 2. The second-order valence-corrected chi connectivity index (χ2v) is 8.10. The molecule has 2 aromatic carbocycles. The Labute approximate surface area is 151 Å². The fourth-order valence-corrected chi connectivity index (χ4v) is 3.99. The topological polar surface area (TPSA) is 110 Å². The summed E-state index contributed by atoms with van der Waals surface area (Å²) in [5, 5.41) is 15.0. The predicted molar refractivity (Wildman–Crippen MR) is 95.1 cm³/mol. The van der Waals surface area contributed by atoms with Gasteiger partial charge in [0.1, 0.15) is 0 Å². The summed E-state index contributed by atoms with van der Waals surface area (Å²) in [5.41, 5.74) is 3.78. The lowest BCUT2D eigenvalue weighted by atomic mass is 9.79. The van der Waals surface area contributed by atoms with Crippen LogP contribution in [0.4, 0.5) is 0 Å². The Balaban J connectivity index is 1.58. The van der Waals surface area contributed by atoms with E-state index in [-0.39, 0.29) is 10.8 Å². The number of carbonyl (C=O) groups excluding carboxylic acids is 1. The number of sulfonamides is 1. The summed E-state index contributed by atoms with van der Waals surface area (Å²) in [6.45, 7) is 1.28.